The van der Waals surface area contributed by atoms with Gasteiger partial charge in [0.1, 0.15) is 5.54 Å². The Labute approximate surface area is 129 Å². The minimum atomic E-state index is -3.64. The summed E-state index contributed by atoms with van der Waals surface area (Å²) < 4.78 is 31.9. The zero-order valence-corrected chi connectivity index (χ0v) is 13.3. The number of rotatable bonds is 5. The maximum absolute atomic E-state index is 12.3. The molecule has 116 valence electrons. The van der Waals surface area contributed by atoms with E-state index in [1.54, 1.807) is 24.3 Å². The average Bonchev–Trinajstić information content (AvgIpc) is 2.89. The molecule has 2 rings (SSSR count). The summed E-state index contributed by atoms with van der Waals surface area (Å²) in [5, 5.41) is 0.547. The molecule has 0 saturated heterocycles. The minimum Gasteiger partial charge on any atom is -0.468 e. The van der Waals surface area contributed by atoms with Crippen molar-refractivity contribution in [3.63, 3.8) is 0 Å². The maximum Gasteiger partial charge on any atom is 0.327 e. The fourth-order valence-electron chi connectivity index (χ4n) is 2.66. The zero-order valence-electron chi connectivity index (χ0n) is 11.8. The molecule has 1 aliphatic rings. The molecule has 0 aliphatic heterocycles. The van der Waals surface area contributed by atoms with Crippen LogP contribution in [0.25, 0.3) is 0 Å². The van der Waals surface area contributed by atoms with Crippen molar-refractivity contribution in [2.24, 2.45) is 0 Å². The lowest BCUT2D eigenvalue weighted by Gasteiger charge is -2.26. The van der Waals surface area contributed by atoms with Crippen LogP contribution < -0.4 is 4.72 Å². The van der Waals surface area contributed by atoms with Gasteiger partial charge in [-0.25, -0.2) is 8.42 Å². The highest BCUT2D eigenvalue weighted by Crippen LogP contribution is 2.32. The Kier molecular flexibility index (Phi) is 4.91. The number of hydrogen-bond acceptors (Lipinski definition) is 4. The molecule has 0 bridgehead atoms. The molecule has 7 heteroatoms. The number of benzene rings is 1. The van der Waals surface area contributed by atoms with Gasteiger partial charge in [0.05, 0.1) is 12.9 Å². The summed E-state index contributed by atoms with van der Waals surface area (Å²) >= 11 is 5.78. The van der Waals surface area contributed by atoms with E-state index in [4.69, 9.17) is 16.3 Å². The maximum atomic E-state index is 12.3. The Morgan fingerprint density at radius 1 is 1.29 bits per heavy atom. The predicted octanol–water partition coefficient (Wildman–Crippen LogP) is 2.25. The summed E-state index contributed by atoms with van der Waals surface area (Å²) in [4.78, 5) is 11.9. The van der Waals surface area contributed by atoms with Crippen LogP contribution in [0.1, 0.15) is 31.2 Å². The molecule has 0 amide bonds. The predicted molar refractivity (Wildman–Crippen MR) is 80.4 cm³/mol. The van der Waals surface area contributed by atoms with Gasteiger partial charge in [-0.2, -0.15) is 4.72 Å². The highest BCUT2D eigenvalue weighted by atomic mass is 35.5. The van der Waals surface area contributed by atoms with Crippen molar-refractivity contribution in [3.05, 3.63) is 34.9 Å². The second-order valence-corrected chi connectivity index (χ2v) is 7.43. The molecule has 5 nitrogen and oxygen atoms in total. The molecule has 1 saturated carbocycles. The van der Waals surface area contributed by atoms with Crippen molar-refractivity contribution in [3.8, 4) is 0 Å². The summed E-state index contributed by atoms with van der Waals surface area (Å²) in [6.07, 6.45) is 2.55. The van der Waals surface area contributed by atoms with E-state index in [0.29, 0.717) is 23.4 Å². The summed E-state index contributed by atoms with van der Waals surface area (Å²) in [5.41, 5.74) is -0.495. The van der Waals surface area contributed by atoms with E-state index < -0.39 is 21.5 Å². The van der Waals surface area contributed by atoms with Crippen molar-refractivity contribution in [1.29, 1.82) is 0 Å². The third-order valence-corrected chi connectivity index (χ3v) is 5.32. The SMILES string of the molecule is COC(=O)C1(NS(=O)(=O)Cc2ccc(Cl)cc2)CCCC1. The second-order valence-electron chi connectivity index (χ2n) is 5.27. The molecule has 1 aromatic carbocycles. The molecule has 1 fully saturated rings. The zero-order chi connectivity index (χ0) is 15.5. The number of nitrogens with one attached hydrogen (secondary N) is 1. The van der Waals surface area contributed by atoms with Gasteiger partial charge in [-0.15, -0.1) is 0 Å². The van der Waals surface area contributed by atoms with Crippen LogP contribution in [0.4, 0.5) is 0 Å². The summed E-state index contributed by atoms with van der Waals surface area (Å²) in [6, 6.07) is 6.58. The number of hydrogen-bond donors (Lipinski definition) is 1. The molecule has 0 heterocycles. The normalized spacial score (nSPS) is 17.6. The Hall–Kier alpha value is -1.11. The van der Waals surface area contributed by atoms with E-state index in [1.807, 2.05) is 0 Å². The molecular weight excluding hydrogens is 314 g/mol. The van der Waals surface area contributed by atoms with Gasteiger partial charge in [-0.05, 0) is 30.5 Å². The lowest BCUT2D eigenvalue weighted by atomic mass is 10.00. The van der Waals surface area contributed by atoms with Gasteiger partial charge in [0.15, 0.2) is 0 Å². The van der Waals surface area contributed by atoms with E-state index in [2.05, 4.69) is 4.72 Å². The molecule has 0 atom stereocenters. The van der Waals surface area contributed by atoms with Crippen LogP contribution in [0.5, 0.6) is 0 Å². The highest BCUT2D eigenvalue weighted by Gasteiger charge is 2.45. The molecule has 1 aromatic rings. The first kappa shape index (κ1) is 16.3. The molecule has 1 N–H and O–H groups in total. The third-order valence-electron chi connectivity index (χ3n) is 3.65. The van der Waals surface area contributed by atoms with Crippen molar-refractivity contribution in [2.45, 2.75) is 37.0 Å². The number of halogens is 1. The molecular formula is C14H18ClNO4S. The van der Waals surface area contributed by atoms with Crippen LogP contribution in [0, 0.1) is 0 Å². The van der Waals surface area contributed by atoms with Crippen molar-refractivity contribution in [2.75, 3.05) is 7.11 Å². The summed E-state index contributed by atoms with van der Waals surface area (Å²) in [7, 11) is -2.36. The molecule has 0 radical (unpaired) electrons. The number of methoxy groups -OCH3 is 1. The lowest BCUT2D eigenvalue weighted by Crippen LogP contribution is -2.53. The van der Waals surface area contributed by atoms with Crippen LogP contribution >= 0.6 is 11.6 Å². The van der Waals surface area contributed by atoms with Gasteiger partial charge in [-0.3, -0.25) is 4.79 Å². The van der Waals surface area contributed by atoms with Crippen molar-refractivity contribution in [1.82, 2.24) is 4.72 Å². The van der Waals surface area contributed by atoms with Crippen LogP contribution in [0.2, 0.25) is 5.02 Å². The summed E-state index contributed by atoms with van der Waals surface area (Å²) in [5.74, 6) is -0.706. The van der Waals surface area contributed by atoms with E-state index in [0.717, 1.165) is 12.8 Å². The Bertz CT molecular complexity index is 606. The van der Waals surface area contributed by atoms with Crippen LogP contribution in [0.3, 0.4) is 0 Å². The molecule has 0 aromatic heterocycles. The minimum absolute atomic E-state index is 0.192. The summed E-state index contributed by atoms with van der Waals surface area (Å²) in [6.45, 7) is 0. The van der Waals surface area contributed by atoms with E-state index in [1.165, 1.54) is 7.11 Å². The molecule has 21 heavy (non-hydrogen) atoms. The van der Waals surface area contributed by atoms with E-state index >= 15 is 0 Å². The number of sulfonamides is 1. The Morgan fingerprint density at radius 3 is 2.38 bits per heavy atom. The van der Waals surface area contributed by atoms with Crippen molar-refractivity contribution < 1.29 is 17.9 Å². The van der Waals surface area contributed by atoms with Crippen LogP contribution in [-0.4, -0.2) is 27.0 Å². The smallest absolute Gasteiger partial charge is 0.327 e. The molecule has 0 spiro atoms. The number of esters is 1. The molecule has 1 aliphatic carbocycles. The van der Waals surface area contributed by atoms with Gasteiger partial charge in [0, 0.05) is 5.02 Å². The largest absolute Gasteiger partial charge is 0.468 e. The molecule has 0 unspecified atom stereocenters. The fraction of sp³-hybridized carbons (Fsp3) is 0.500. The monoisotopic (exact) mass is 331 g/mol. The fourth-order valence-corrected chi connectivity index (χ4v) is 4.37. The number of carbonyl (C=O) groups is 1. The Balaban J connectivity index is 2.15. The quantitative estimate of drug-likeness (QED) is 0.840. The first-order valence-corrected chi connectivity index (χ1v) is 8.74. The lowest BCUT2D eigenvalue weighted by molar-refractivity contribution is -0.147. The first-order valence-electron chi connectivity index (χ1n) is 6.71. The highest BCUT2D eigenvalue weighted by molar-refractivity contribution is 7.88. The van der Waals surface area contributed by atoms with Crippen molar-refractivity contribution >= 4 is 27.6 Å². The van der Waals surface area contributed by atoms with Gasteiger partial charge >= 0.3 is 5.97 Å². The van der Waals surface area contributed by atoms with Gasteiger partial charge in [0.2, 0.25) is 10.0 Å². The van der Waals surface area contributed by atoms with E-state index in [-0.39, 0.29) is 5.75 Å². The number of carbonyl (C=O) groups excluding carboxylic acids is 1. The standard InChI is InChI=1S/C14H18ClNO4S/c1-20-13(17)14(8-2-3-9-14)16-21(18,19)10-11-4-6-12(15)7-5-11/h4-7,16H,2-3,8-10H2,1H3. The number of ether oxygens (including phenoxy) is 1. The van der Waals surface area contributed by atoms with Gasteiger partial charge in [0.25, 0.3) is 0 Å². The van der Waals surface area contributed by atoms with Crippen LogP contribution in [-0.2, 0) is 25.3 Å². The van der Waals surface area contributed by atoms with E-state index in [9.17, 15) is 13.2 Å². The second kappa shape index (κ2) is 6.34. The topological polar surface area (TPSA) is 72.5 Å². The Morgan fingerprint density at radius 2 is 1.86 bits per heavy atom. The first-order chi connectivity index (χ1) is 9.87. The van der Waals surface area contributed by atoms with Crippen LogP contribution in [0.15, 0.2) is 24.3 Å². The van der Waals surface area contributed by atoms with Gasteiger partial charge < -0.3 is 4.74 Å². The van der Waals surface area contributed by atoms with Gasteiger partial charge in [-0.1, -0.05) is 36.6 Å². The third kappa shape index (κ3) is 3.96. The average molecular weight is 332 g/mol.